The van der Waals surface area contributed by atoms with Crippen molar-refractivity contribution < 1.29 is 18.2 Å². The van der Waals surface area contributed by atoms with E-state index in [4.69, 9.17) is 4.28 Å². The van der Waals surface area contributed by atoms with Gasteiger partial charge < -0.3 is 9.67 Å². The van der Waals surface area contributed by atoms with Crippen molar-refractivity contribution in [2.75, 3.05) is 7.05 Å². The molecular weight excluding hydrogens is 414 g/mol. The average molecular weight is 450 g/mol. The van der Waals surface area contributed by atoms with E-state index in [-0.39, 0.29) is 6.61 Å². The molecule has 0 radical (unpaired) electrons. The fourth-order valence-corrected chi connectivity index (χ4v) is 5.53. The van der Waals surface area contributed by atoms with Crippen LogP contribution in [0.15, 0.2) is 36.5 Å². The smallest absolute Gasteiger partial charge is 0.319 e. The number of aromatic nitrogens is 2. The number of hydroxylamine groups is 2. The molecule has 3 rings (SSSR count). The van der Waals surface area contributed by atoms with Crippen LogP contribution in [0, 0.1) is 5.92 Å². The molecule has 1 heterocycles. The third kappa shape index (κ3) is 5.09. The van der Waals surface area contributed by atoms with Gasteiger partial charge in [0.15, 0.2) is 0 Å². The van der Waals surface area contributed by atoms with E-state index in [0.29, 0.717) is 11.6 Å². The molecule has 0 amide bonds. The lowest BCUT2D eigenvalue weighted by atomic mass is 9.68. The Labute approximate surface area is 187 Å². The lowest BCUT2D eigenvalue weighted by Gasteiger charge is -2.47. The van der Waals surface area contributed by atoms with Gasteiger partial charge in [0.2, 0.25) is 0 Å². The Morgan fingerprint density at radius 3 is 2.58 bits per heavy atom. The molecule has 8 heteroatoms. The first-order valence-electron chi connectivity index (χ1n) is 11.2. The Bertz CT molecular complexity index is 854. The van der Waals surface area contributed by atoms with Gasteiger partial charge in [0.1, 0.15) is 12.0 Å². The average Bonchev–Trinajstić information content (AvgIpc) is 3.43. The zero-order valence-corrected chi connectivity index (χ0v) is 19.6. The van der Waals surface area contributed by atoms with Crippen molar-refractivity contribution in [3.05, 3.63) is 53.6 Å². The van der Waals surface area contributed by atoms with Gasteiger partial charge in [0.05, 0.1) is 18.5 Å². The molecule has 1 aliphatic carbocycles. The van der Waals surface area contributed by atoms with E-state index in [2.05, 4.69) is 31.0 Å². The van der Waals surface area contributed by atoms with Gasteiger partial charge in [-0.15, -0.1) is 0 Å². The third-order valence-corrected chi connectivity index (χ3v) is 7.13. The summed E-state index contributed by atoms with van der Waals surface area (Å²) < 4.78 is 28.6. The summed E-state index contributed by atoms with van der Waals surface area (Å²) in [4.78, 5) is 4.62. The van der Waals surface area contributed by atoms with Crippen molar-refractivity contribution in [2.45, 2.75) is 77.0 Å². The highest BCUT2D eigenvalue weighted by Gasteiger charge is 2.48. The molecular formula is C23H35N3O4S. The van der Waals surface area contributed by atoms with Crippen molar-refractivity contribution in [3.8, 4) is 0 Å². The van der Waals surface area contributed by atoms with Crippen molar-refractivity contribution >= 4 is 11.4 Å². The molecule has 1 aromatic carbocycles. The molecule has 2 N–H and O–H groups in total. The first-order chi connectivity index (χ1) is 14.9. The van der Waals surface area contributed by atoms with Crippen LogP contribution >= 0.6 is 0 Å². The molecule has 1 fully saturated rings. The number of hydrogen-bond donors (Lipinski definition) is 2. The second kappa shape index (κ2) is 10.8. The lowest BCUT2D eigenvalue weighted by Crippen LogP contribution is -2.49. The van der Waals surface area contributed by atoms with Crippen LogP contribution in [0.1, 0.15) is 75.6 Å². The van der Waals surface area contributed by atoms with Crippen LogP contribution in [0.5, 0.6) is 0 Å². The van der Waals surface area contributed by atoms with E-state index in [1.165, 1.54) is 5.06 Å². The summed E-state index contributed by atoms with van der Waals surface area (Å²) >= 11 is -2.46. The van der Waals surface area contributed by atoms with E-state index in [0.717, 1.165) is 56.3 Å². The number of aryl methyl sites for hydroxylation is 1. The highest BCUT2D eigenvalue weighted by Crippen LogP contribution is 2.50. The first kappa shape index (κ1) is 24.1. The van der Waals surface area contributed by atoms with E-state index >= 15 is 0 Å². The highest BCUT2D eigenvalue weighted by molar-refractivity contribution is 7.74. The van der Waals surface area contributed by atoms with Gasteiger partial charge >= 0.3 is 11.4 Å². The predicted molar refractivity (Wildman–Crippen MR) is 121 cm³/mol. The van der Waals surface area contributed by atoms with Crippen LogP contribution in [-0.2, 0) is 34.1 Å². The zero-order chi connectivity index (χ0) is 22.4. The van der Waals surface area contributed by atoms with Crippen LogP contribution in [0.25, 0.3) is 0 Å². The molecule has 1 saturated carbocycles. The van der Waals surface area contributed by atoms with Crippen molar-refractivity contribution in [1.29, 1.82) is 0 Å². The summed E-state index contributed by atoms with van der Waals surface area (Å²) in [5.41, 5.74) is 1.39. The number of nitrogens with zero attached hydrogens (tertiary/aromatic N) is 3. The Morgan fingerprint density at radius 2 is 2.00 bits per heavy atom. The molecule has 1 aliphatic rings. The Hall–Kier alpha value is -1.58. The van der Waals surface area contributed by atoms with Gasteiger partial charge in [-0.2, -0.15) is 13.6 Å². The minimum Gasteiger partial charge on any atom is -0.390 e. The summed E-state index contributed by atoms with van der Waals surface area (Å²) in [6.45, 7) is 4.18. The van der Waals surface area contributed by atoms with E-state index < -0.39 is 22.9 Å². The molecule has 0 bridgehead atoms. The summed E-state index contributed by atoms with van der Waals surface area (Å²) in [6, 6.07) is 10.3. The number of imidazole rings is 1. The number of likely N-dealkylation sites (N-methyl/N-ethyl adjacent to an activating group) is 1. The van der Waals surface area contributed by atoms with Crippen LogP contribution in [0.4, 0.5) is 0 Å². The summed E-state index contributed by atoms with van der Waals surface area (Å²) in [5.74, 6) is 1.21. The molecule has 3 unspecified atom stereocenters. The highest BCUT2D eigenvalue weighted by atomic mass is 32.2. The van der Waals surface area contributed by atoms with Gasteiger partial charge in [-0.25, -0.2) is 4.98 Å². The predicted octanol–water partition coefficient (Wildman–Crippen LogP) is 4.36. The number of aliphatic hydroxyl groups excluding tert-OH is 1. The Balaban J connectivity index is 2.22. The van der Waals surface area contributed by atoms with Gasteiger partial charge in [-0.3, -0.25) is 4.55 Å². The summed E-state index contributed by atoms with van der Waals surface area (Å²) in [5, 5.41) is 11.6. The van der Waals surface area contributed by atoms with Gasteiger partial charge in [0, 0.05) is 18.9 Å². The second-order valence-electron chi connectivity index (χ2n) is 8.64. The maximum Gasteiger partial charge on any atom is 0.319 e. The van der Waals surface area contributed by atoms with Crippen molar-refractivity contribution in [3.63, 3.8) is 0 Å². The molecule has 31 heavy (non-hydrogen) atoms. The van der Waals surface area contributed by atoms with Crippen LogP contribution < -0.4 is 0 Å². The van der Waals surface area contributed by atoms with Crippen LogP contribution in [0.3, 0.4) is 0 Å². The molecule has 2 aromatic rings. The number of unbranched alkanes of at least 4 members (excludes halogenated alkanes) is 1. The molecule has 7 nitrogen and oxygen atoms in total. The van der Waals surface area contributed by atoms with Crippen molar-refractivity contribution in [1.82, 2.24) is 14.6 Å². The molecule has 1 aromatic heterocycles. The van der Waals surface area contributed by atoms with Crippen LogP contribution in [-0.4, -0.2) is 35.5 Å². The fraction of sp³-hybridized carbons (Fsp3) is 0.609. The largest absolute Gasteiger partial charge is 0.390 e. The Kier molecular flexibility index (Phi) is 8.41. The maximum atomic E-state index is 11.7. The molecule has 0 aliphatic heterocycles. The van der Waals surface area contributed by atoms with Gasteiger partial charge in [0.25, 0.3) is 0 Å². The number of aliphatic hydroxyl groups is 1. The standard InChI is InChI=1S/C23H35N3O4S/c1-4-5-15-21-24-16-20(17-27)26(21)22(25(3)30-31(28)29)23(2,19-13-9-10-14-19)18-11-7-6-8-12-18/h6-8,11-12,16,19,22,27H,4-5,9-10,13-15,17H2,1-3H3,(H,28,29). The quantitative estimate of drug-likeness (QED) is 0.391. The monoisotopic (exact) mass is 449 g/mol. The van der Waals surface area contributed by atoms with E-state index in [9.17, 15) is 13.9 Å². The fourth-order valence-electron chi connectivity index (χ4n) is 5.24. The minimum atomic E-state index is -2.46. The molecule has 172 valence electrons. The Morgan fingerprint density at radius 1 is 1.32 bits per heavy atom. The van der Waals surface area contributed by atoms with Crippen LogP contribution in [0.2, 0.25) is 0 Å². The zero-order valence-electron chi connectivity index (χ0n) is 18.7. The van der Waals surface area contributed by atoms with E-state index in [1.807, 2.05) is 22.8 Å². The maximum absolute atomic E-state index is 11.7. The van der Waals surface area contributed by atoms with Gasteiger partial charge in [-0.05, 0) is 30.7 Å². The summed E-state index contributed by atoms with van der Waals surface area (Å²) in [7, 11) is 1.69. The van der Waals surface area contributed by atoms with Crippen molar-refractivity contribution in [2.24, 2.45) is 5.92 Å². The SMILES string of the molecule is CCCCc1ncc(CO)n1C(N(C)OS(=O)O)C(C)(c1ccccc1)C1CCCC1. The lowest BCUT2D eigenvalue weighted by molar-refractivity contribution is -0.132. The second-order valence-corrected chi connectivity index (χ2v) is 9.22. The number of hydrogen-bond acceptors (Lipinski definition) is 5. The molecule has 0 saturated heterocycles. The number of rotatable bonds is 11. The molecule has 3 atom stereocenters. The third-order valence-electron chi connectivity index (χ3n) is 6.77. The number of benzene rings is 1. The first-order valence-corrected chi connectivity index (χ1v) is 12.2. The topological polar surface area (TPSA) is 87.8 Å². The van der Waals surface area contributed by atoms with Gasteiger partial charge in [-0.1, -0.05) is 63.4 Å². The minimum absolute atomic E-state index is 0.165. The normalized spacial score (nSPS) is 18.9. The molecule has 0 spiro atoms. The summed E-state index contributed by atoms with van der Waals surface area (Å²) in [6.07, 6.45) is 8.49. The van der Waals surface area contributed by atoms with E-state index in [1.54, 1.807) is 13.2 Å².